The molecule has 0 radical (unpaired) electrons. The summed E-state index contributed by atoms with van der Waals surface area (Å²) in [4.78, 5) is 23.5. The molecule has 2 aromatic heterocycles. The predicted molar refractivity (Wildman–Crippen MR) is 129 cm³/mol. The molecule has 2 fully saturated rings. The molecule has 3 aromatic rings. The van der Waals surface area contributed by atoms with Gasteiger partial charge in [0.1, 0.15) is 0 Å². The van der Waals surface area contributed by atoms with Crippen LogP contribution in [0.25, 0.3) is 11.3 Å². The fraction of sp³-hybridized carbons (Fsp3) is 0.385. The normalized spacial score (nSPS) is 16.8. The second kappa shape index (κ2) is 9.94. The number of nitrogens with zero attached hydrogens (tertiary/aromatic N) is 7. The lowest BCUT2D eigenvalue weighted by Crippen LogP contribution is -2.38. The highest BCUT2D eigenvalue weighted by atomic mass is 16.2. The predicted octanol–water partition coefficient (Wildman–Crippen LogP) is 4.32. The Hall–Kier alpha value is -4.24. The molecule has 0 bridgehead atoms. The van der Waals surface area contributed by atoms with Crippen LogP contribution in [0.2, 0.25) is 0 Å². The summed E-state index contributed by atoms with van der Waals surface area (Å²) in [7, 11) is 0. The molecule has 1 amide bonds. The average molecular weight is 467 g/mol. The molecule has 9 heteroatoms. The first kappa shape index (κ1) is 22.5. The van der Waals surface area contributed by atoms with E-state index in [1.165, 1.54) is 0 Å². The molecule has 0 spiro atoms. The van der Waals surface area contributed by atoms with Crippen molar-refractivity contribution in [2.75, 3.05) is 18.4 Å². The van der Waals surface area contributed by atoms with Crippen LogP contribution < -0.4 is 5.32 Å². The summed E-state index contributed by atoms with van der Waals surface area (Å²) in [5, 5.41) is 25.9. The van der Waals surface area contributed by atoms with E-state index in [0.717, 1.165) is 42.6 Å². The van der Waals surface area contributed by atoms with Crippen molar-refractivity contribution in [3.63, 3.8) is 0 Å². The number of nitrogens with one attached hydrogen (secondary N) is 1. The van der Waals surface area contributed by atoms with Crippen LogP contribution in [-0.2, 0) is 0 Å². The van der Waals surface area contributed by atoms with Gasteiger partial charge >= 0.3 is 0 Å². The highest BCUT2D eigenvalue weighted by Gasteiger charge is 2.33. The van der Waals surface area contributed by atoms with Crippen molar-refractivity contribution in [2.24, 2.45) is 11.8 Å². The number of carbonyl (C=O) groups is 1. The van der Waals surface area contributed by atoms with Gasteiger partial charge in [-0.15, -0.1) is 0 Å². The topological polar surface area (TPSA) is 124 Å². The van der Waals surface area contributed by atoms with Crippen LogP contribution >= 0.6 is 0 Å². The zero-order valence-electron chi connectivity index (χ0n) is 19.3. The third kappa shape index (κ3) is 5.15. The van der Waals surface area contributed by atoms with E-state index < -0.39 is 0 Å². The third-order valence-electron chi connectivity index (χ3n) is 6.71. The second-order valence-corrected chi connectivity index (χ2v) is 9.14. The van der Waals surface area contributed by atoms with Crippen LogP contribution in [0.1, 0.15) is 48.5 Å². The molecule has 1 saturated heterocycles. The smallest absolute Gasteiger partial charge is 0.253 e. The van der Waals surface area contributed by atoms with Crippen molar-refractivity contribution in [1.82, 2.24) is 24.6 Å². The number of carbonyl (C=O) groups excluding carboxylic acids is 1. The number of nitriles is 2. The van der Waals surface area contributed by atoms with Crippen molar-refractivity contribution in [3.8, 4) is 23.4 Å². The van der Waals surface area contributed by atoms with E-state index in [1.807, 2.05) is 34.0 Å². The number of piperidine rings is 1. The first-order valence-corrected chi connectivity index (χ1v) is 11.9. The minimum atomic E-state index is -0.0101. The van der Waals surface area contributed by atoms with Crippen molar-refractivity contribution in [3.05, 3.63) is 54.5 Å². The summed E-state index contributed by atoms with van der Waals surface area (Å²) in [6.07, 6.45) is 9.63. The fourth-order valence-electron chi connectivity index (χ4n) is 4.50. The van der Waals surface area contributed by atoms with Crippen LogP contribution in [-0.4, -0.2) is 43.6 Å². The number of hydrogen-bond acceptors (Lipinski definition) is 7. The van der Waals surface area contributed by atoms with Crippen LogP contribution in [0.4, 0.5) is 11.6 Å². The number of amides is 1. The van der Waals surface area contributed by atoms with Crippen molar-refractivity contribution in [1.29, 1.82) is 10.5 Å². The van der Waals surface area contributed by atoms with Crippen molar-refractivity contribution < 1.29 is 4.79 Å². The van der Waals surface area contributed by atoms with Gasteiger partial charge in [0.25, 0.3) is 5.91 Å². The summed E-state index contributed by atoms with van der Waals surface area (Å²) in [6, 6.07) is 13.8. The SMILES string of the molecule is N#CCC(C1CC1)n1cc(-c2ccnc(Nc3ccc(C(=O)N4CCC(C#N)CC4)cc3)n2)cn1. The van der Waals surface area contributed by atoms with Crippen LogP contribution in [0.15, 0.2) is 48.9 Å². The summed E-state index contributed by atoms with van der Waals surface area (Å²) < 4.78 is 1.89. The second-order valence-electron chi connectivity index (χ2n) is 9.14. The fourth-order valence-corrected chi connectivity index (χ4v) is 4.50. The molecule has 176 valence electrons. The number of likely N-dealkylation sites (tertiary alicyclic amines) is 1. The lowest BCUT2D eigenvalue weighted by molar-refractivity contribution is 0.0707. The number of benzene rings is 1. The van der Waals surface area contributed by atoms with E-state index >= 15 is 0 Å². The molecule has 2 aliphatic rings. The Morgan fingerprint density at radius 1 is 1.11 bits per heavy atom. The largest absolute Gasteiger partial charge is 0.339 e. The van der Waals surface area contributed by atoms with Crippen LogP contribution in [0.5, 0.6) is 0 Å². The molecule has 1 saturated carbocycles. The van der Waals surface area contributed by atoms with E-state index in [2.05, 4.69) is 32.5 Å². The maximum atomic E-state index is 12.8. The van der Waals surface area contributed by atoms with Gasteiger partial charge in [0.05, 0.1) is 36.5 Å². The quantitative estimate of drug-likeness (QED) is 0.550. The maximum Gasteiger partial charge on any atom is 0.253 e. The maximum absolute atomic E-state index is 12.8. The molecular formula is C26H26N8O. The average Bonchev–Trinajstić information content (AvgIpc) is 3.63. The molecular weight excluding hydrogens is 440 g/mol. The molecule has 1 N–H and O–H groups in total. The molecule has 5 rings (SSSR count). The van der Waals surface area contributed by atoms with E-state index in [1.54, 1.807) is 24.5 Å². The summed E-state index contributed by atoms with van der Waals surface area (Å²) in [5.74, 6) is 1.02. The molecule has 1 aromatic carbocycles. The highest BCUT2D eigenvalue weighted by molar-refractivity contribution is 5.94. The van der Waals surface area contributed by atoms with Gasteiger partial charge in [-0.2, -0.15) is 15.6 Å². The molecule has 3 heterocycles. The Bertz CT molecular complexity index is 1270. The van der Waals surface area contributed by atoms with Gasteiger partial charge in [-0.25, -0.2) is 9.97 Å². The van der Waals surface area contributed by atoms with Gasteiger partial charge < -0.3 is 10.2 Å². The van der Waals surface area contributed by atoms with Gasteiger partial charge in [-0.1, -0.05) is 0 Å². The standard InChI is InChI=1S/C26H26N8O/c27-11-7-24(19-1-2-19)34-17-21(16-30-34)23-8-12-29-26(32-23)31-22-5-3-20(4-6-22)25(35)33-13-9-18(15-28)10-14-33/h3-6,8,12,16-19,24H,1-2,7,9-10,13-14H2,(H,29,31,32). The summed E-state index contributed by atoms with van der Waals surface area (Å²) in [6.45, 7) is 1.23. The van der Waals surface area contributed by atoms with E-state index in [4.69, 9.17) is 10.5 Å². The van der Waals surface area contributed by atoms with Gasteiger partial charge in [0.15, 0.2) is 0 Å². The number of aromatic nitrogens is 4. The van der Waals surface area contributed by atoms with Crippen molar-refractivity contribution >= 4 is 17.5 Å². The first-order chi connectivity index (χ1) is 17.1. The molecule has 1 aliphatic carbocycles. The number of rotatable bonds is 7. The first-order valence-electron chi connectivity index (χ1n) is 11.9. The Morgan fingerprint density at radius 3 is 2.57 bits per heavy atom. The van der Waals surface area contributed by atoms with E-state index in [0.29, 0.717) is 36.9 Å². The van der Waals surface area contributed by atoms with Gasteiger partial charge in [-0.3, -0.25) is 9.48 Å². The molecule has 9 nitrogen and oxygen atoms in total. The minimum Gasteiger partial charge on any atom is -0.339 e. The third-order valence-corrected chi connectivity index (χ3v) is 6.71. The number of anilines is 2. The molecule has 35 heavy (non-hydrogen) atoms. The Kier molecular flexibility index (Phi) is 6.40. The van der Waals surface area contributed by atoms with E-state index in [9.17, 15) is 4.79 Å². The summed E-state index contributed by atoms with van der Waals surface area (Å²) >= 11 is 0. The van der Waals surface area contributed by atoms with Crippen LogP contribution in [0.3, 0.4) is 0 Å². The van der Waals surface area contributed by atoms with Gasteiger partial charge in [0, 0.05) is 48.2 Å². The van der Waals surface area contributed by atoms with Crippen LogP contribution in [0, 0.1) is 34.5 Å². The zero-order valence-corrected chi connectivity index (χ0v) is 19.3. The monoisotopic (exact) mass is 466 g/mol. The summed E-state index contributed by atoms with van der Waals surface area (Å²) in [5.41, 5.74) is 3.02. The van der Waals surface area contributed by atoms with E-state index in [-0.39, 0.29) is 17.9 Å². The van der Waals surface area contributed by atoms with Gasteiger partial charge in [0.2, 0.25) is 5.95 Å². The minimum absolute atomic E-state index is 0.0101. The zero-order chi connectivity index (χ0) is 24.2. The highest BCUT2D eigenvalue weighted by Crippen LogP contribution is 2.41. The Labute approximate surface area is 204 Å². The number of hydrogen-bond donors (Lipinski definition) is 1. The Morgan fingerprint density at radius 2 is 1.89 bits per heavy atom. The Balaban J connectivity index is 1.24. The lowest BCUT2D eigenvalue weighted by atomic mass is 9.98. The molecule has 1 aliphatic heterocycles. The van der Waals surface area contributed by atoms with Gasteiger partial charge in [-0.05, 0) is 61.9 Å². The molecule has 1 unspecified atom stereocenters. The molecule has 1 atom stereocenters. The lowest BCUT2D eigenvalue weighted by Gasteiger charge is -2.29. The van der Waals surface area contributed by atoms with Crippen molar-refractivity contribution in [2.45, 2.75) is 38.1 Å².